The summed E-state index contributed by atoms with van der Waals surface area (Å²) in [7, 11) is 0. The molecule has 154 valence electrons. The van der Waals surface area contributed by atoms with Crippen LogP contribution >= 0.6 is 0 Å². The predicted octanol–water partition coefficient (Wildman–Crippen LogP) is 1.77. The monoisotopic (exact) mass is 397 g/mol. The van der Waals surface area contributed by atoms with Crippen molar-refractivity contribution in [1.29, 1.82) is 0 Å². The maximum atomic E-state index is 13.2. The lowest BCUT2D eigenvalue weighted by Crippen LogP contribution is -2.40. The molecule has 0 aliphatic heterocycles. The molecule has 0 radical (unpaired) electrons. The van der Waals surface area contributed by atoms with Gasteiger partial charge in [0, 0.05) is 13.1 Å². The number of fused-ring (bicyclic) bond motifs is 1. The summed E-state index contributed by atoms with van der Waals surface area (Å²) < 4.78 is 4.64. The molecule has 2 atom stereocenters. The molecule has 2 heterocycles. The van der Waals surface area contributed by atoms with Gasteiger partial charge in [-0.2, -0.15) is 4.98 Å². The normalized spacial score (nSPS) is 19.1. The molecule has 3 aromatic rings. The van der Waals surface area contributed by atoms with Crippen molar-refractivity contribution in [2.24, 2.45) is 0 Å². The summed E-state index contributed by atoms with van der Waals surface area (Å²) in [5.41, 5.74) is 1.15. The second kappa shape index (κ2) is 7.87. The van der Waals surface area contributed by atoms with E-state index in [0.717, 1.165) is 24.8 Å². The quantitative estimate of drug-likeness (QED) is 0.661. The van der Waals surface area contributed by atoms with Crippen molar-refractivity contribution in [2.75, 3.05) is 5.32 Å². The van der Waals surface area contributed by atoms with Crippen LogP contribution in [0.1, 0.15) is 38.7 Å². The number of imidazole rings is 1. The number of aromatic nitrogens is 4. The van der Waals surface area contributed by atoms with Crippen molar-refractivity contribution in [3.63, 3.8) is 0 Å². The third-order valence-corrected chi connectivity index (χ3v) is 5.72. The molecule has 0 bridgehead atoms. The van der Waals surface area contributed by atoms with Crippen LogP contribution in [0.2, 0.25) is 0 Å². The van der Waals surface area contributed by atoms with Crippen molar-refractivity contribution >= 4 is 17.1 Å². The van der Waals surface area contributed by atoms with Crippen LogP contribution in [0.3, 0.4) is 0 Å². The summed E-state index contributed by atoms with van der Waals surface area (Å²) in [5, 5.41) is 13.6. The van der Waals surface area contributed by atoms with Gasteiger partial charge in [0.2, 0.25) is 5.95 Å². The van der Waals surface area contributed by atoms with E-state index in [-0.39, 0.29) is 17.3 Å². The summed E-state index contributed by atoms with van der Waals surface area (Å²) >= 11 is 0. The first-order valence-electron chi connectivity index (χ1n) is 10.3. The highest BCUT2D eigenvalue weighted by atomic mass is 16.3. The highest BCUT2D eigenvalue weighted by Crippen LogP contribution is 2.25. The van der Waals surface area contributed by atoms with E-state index in [0.29, 0.717) is 36.7 Å². The van der Waals surface area contributed by atoms with Crippen molar-refractivity contribution < 1.29 is 5.11 Å². The number of aryl methyl sites for hydroxylation is 1. The van der Waals surface area contributed by atoms with Crippen LogP contribution in [-0.2, 0) is 19.6 Å². The molecule has 2 unspecified atom stereocenters. The van der Waals surface area contributed by atoms with Gasteiger partial charge in [-0.15, -0.1) is 0 Å². The third kappa shape index (κ3) is 3.37. The van der Waals surface area contributed by atoms with Crippen LogP contribution in [0.15, 0.2) is 39.9 Å². The van der Waals surface area contributed by atoms with E-state index in [2.05, 4.69) is 10.3 Å². The zero-order valence-electron chi connectivity index (χ0n) is 16.8. The number of hydrogen-bond acceptors (Lipinski definition) is 5. The van der Waals surface area contributed by atoms with E-state index in [1.165, 1.54) is 9.13 Å². The minimum Gasteiger partial charge on any atom is -0.391 e. The lowest BCUT2D eigenvalue weighted by atomic mass is 10.2. The minimum atomic E-state index is -0.444. The molecule has 1 fully saturated rings. The highest BCUT2D eigenvalue weighted by Gasteiger charge is 2.28. The van der Waals surface area contributed by atoms with Crippen LogP contribution < -0.4 is 16.6 Å². The number of aliphatic hydroxyl groups excluding tert-OH is 1. The first-order chi connectivity index (χ1) is 14.0. The molecule has 1 aromatic carbocycles. The molecule has 1 saturated carbocycles. The van der Waals surface area contributed by atoms with Crippen LogP contribution in [-0.4, -0.2) is 35.9 Å². The molecule has 8 heteroatoms. The largest absolute Gasteiger partial charge is 0.391 e. The fourth-order valence-corrected chi connectivity index (χ4v) is 4.16. The van der Waals surface area contributed by atoms with Crippen LogP contribution in [0.25, 0.3) is 11.2 Å². The zero-order valence-corrected chi connectivity index (χ0v) is 16.8. The molecular formula is C21H27N5O3. The van der Waals surface area contributed by atoms with Gasteiger partial charge in [0.15, 0.2) is 11.2 Å². The van der Waals surface area contributed by atoms with Gasteiger partial charge in [-0.25, -0.2) is 4.79 Å². The molecular weight excluding hydrogens is 370 g/mol. The summed E-state index contributed by atoms with van der Waals surface area (Å²) in [6.07, 6.45) is 2.09. The van der Waals surface area contributed by atoms with E-state index in [4.69, 9.17) is 0 Å². The SMILES string of the molecule is CCn1c(=O)c2c(nc(NC3CCCC3O)n2Cc2ccccc2)n(CC)c1=O. The van der Waals surface area contributed by atoms with E-state index < -0.39 is 6.10 Å². The highest BCUT2D eigenvalue weighted by molar-refractivity contribution is 5.74. The molecule has 2 aromatic heterocycles. The number of nitrogens with zero attached hydrogens (tertiary/aromatic N) is 4. The summed E-state index contributed by atoms with van der Waals surface area (Å²) in [5.74, 6) is 0.516. The van der Waals surface area contributed by atoms with Crippen molar-refractivity contribution in [1.82, 2.24) is 18.7 Å². The van der Waals surface area contributed by atoms with Gasteiger partial charge < -0.3 is 10.4 Å². The molecule has 1 aliphatic rings. The molecule has 8 nitrogen and oxygen atoms in total. The lowest BCUT2D eigenvalue weighted by Gasteiger charge is -2.18. The topological polar surface area (TPSA) is 94.1 Å². The van der Waals surface area contributed by atoms with Gasteiger partial charge >= 0.3 is 5.69 Å². The minimum absolute atomic E-state index is 0.114. The molecule has 0 spiro atoms. The van der Waals surface area contributed by atoms with Gasteiger partial charge in [-0.1, -0.05) is 30.3 Å². The van der Waals surface area contributed by atoms with E-state index in [9.17, 15) is 14.7 Å². The average molecular weight is 397 g/mol. The van der Waals surface area contributed by atoms with Crippen molar-refractivity contribution in [2.45, 2.75) is 64.9 Å². The number of hydrogen-bond donors (Lipinski definition) is 2. The Labute approximate surface area is 168 Å². The lowest BCUT2D eigenvalue weighted by molar-refractivity contribution is 0.171. The van der Waals surface area contributed by atoms with Gasteiger partial charge in [-0.05, 0) is 38.7 Å². The first kappa shape index (κ1) is 19.4. The zero-order chi connectivity index (χ0) is 20.5. The summed E-state index contributed by atoms with van der Waals surface area (Å²) in [6, 6.07) is 9.73. The first-order valence-corrected chi connectivity index (χ1v) is 10.3. The van der Waals surface area contributed by atoms with Gasteiger partial charge in [0.25, 0.3) is 5.56 Å². The predicted molar refractivity (Wildman–Crippen MR) is 112 cm³/mol. The summed E-state index contributed by atoms with van der Waals surface area (Å²) in [4.78, 5) is 30.6. The molecule has 2 N–H and O–H groups in total. The molecule has 29 heavy (non-hydrogen) atoms. The smallest absolute Gasteiger partial charge is 0.332 e. The standard InChI is InChI=1S/C21H27N5O3/c1-3-24-18-17(19(28)25(4-2)21(24)29)26(13-14-9-6-5-7-10-14)20(23-18)22-15-11-8-12-16(15)27/h5-7,9-10,15-16,27H,3-4,8,11-13H2,1-2H3,(H,22,23). The molecule has 0 amide bonds. The Hall–Kier alpha value is -2.87. The number of benzene rings is 1. The third-order valence-electron chi connectivity index (χ3n) is 5.72. The summed E-state index contributed by atoms with van der Waals surface area (Å²) in [6.45, 7) is 4.83. The second-order valence-corrected chi connectivity index (χ2v) is 7.50. The maximum Gasteiger partial charge on any atom is 0.332 e. The Morgan fingerprint density at radius 1 is 1.07 bits per heavy atom. The Bertz CT molecular complexity index is 1130. The number of anilines is 1. The van der Waals surface area contributed by atoms with E-state index in [1.807, 2.05) is 41.8 Å². The Morgan fingerprint density at radius 3 is 2.41 bits per heavy atom. The fraction of sp³-hybridized carbons (Fsp3) is 0.476. The number of aliphatic hydroxyl groups is 1. The fourth-order valence-electron chi connectivity index (χ4n) is 4.16. The number of rotatable bonds is 6. The Balaban J connectivity index is 1.95. The Morgan fingerprint density at radius 2 is 1.79 bits per heavy atom. The van der Waals surface area contributed by atoms with Gasteiger partial charge in [0.1, 0.15) is 0 Å². The van der Waals surface area contributed by atoms with Crippen molar-refractivity contribution in [3.05, 3.63) is 56.7 Å². The van der Waals surface area contributed by atoms with Crippen molar-refractivity contribution in [3.8, 4) is 0 Å². The van der Waals surface area contributed by atoms with Gasteiger partial charge in [0.05, 0.1) is 18.7 Å². The molecule has 4 rings (SSSR count). The Kier molecular flexibility index (Phi) is 5.27. The molecule has 0 saturated heterocycles. The van der Waals surface area contributed by atoms with E-state index in [1.54, 1.807) is 6.92 Å². The van der Waals surface area contributed by atoms with Crippen LogP contribution in [0, 0.1) is 0 Å². The number of nitrogens with one attached hydrogen (secondary N) is 1. The molecule has 1 aliphatic carbocycles. The second-order valence-electron chi connectivity index (χ2n) is 7.50. The van der Waals surface area contributed by atoms with Crippen LogP contribution in [0.4, 0.5) is 5.95 Å². The average Bonchev–Trinajstić information content (AvgIpc) is 3.28. The van der Waals surface area contributed by atoms with Crippen LogP contribution in [0.5, 0.6) is 0 Å². The van der Waals surface area contributed by atoms with Gasteiger partial charge in [-0.3, -0.25) is 18.5 Å². The maximum absolute atomic E-state index is 13.2. The van der Waals surface area contributed by atoms with E-state index >= 15 is 0 Å².